The van der Waals surface area contributed by atoms with Crippen LogP contribution in [0.15, 0.2) is 16.7 Å². The lowest BCUT2D eigenvalue weighted by atomic mass is 10.2. The number of rotatable bonds is 7. The minimum absolute atomic E-state index is 0.182. The molecule has 0 saturated carbocycles. The van der Waals surface area contributed by atoms with Crippen LogP contribution in [0.25, 0.3) is 0 Å². The van der Waals surface area contributed by atoms with E-state index in [2.05, 4.69) is 32.7 Å². The van der Waals surface area contributed by atoms with Crippen LogP contribution >= 0.6 is 15.9 Å². The molecule has 1 unspecified atom stereocenters. The lowest BCUT2D eigenvalue weighted by molar-refractivity contribution is 0.170. The van der Waals surface area contributed by atoms with E-state index in [0.717, 1.165) is 16.8 Å². The summed E-state index contributed by atoms with van der Waals surface area (Å²) in [5.74, 6) is 0.764. The van der Waals surface area contributed by atoms with Crippen molar-refractivity contribution in [3.05, 3.63) is 16.7 Å². The number of nitrogens with zero attached hydrogens (tertiary/aromatic N) is 2. The molecule has 5 nitrogen and oxygen atoms in total. The number of pyridine rings is 1. The van der Waals surface area contributed by atoms with Crippen molar-refractivity contribution in [3.8, 4) is 0 Å². The maximum Gasteiger partial charge on any atom is 0.152 e. The molecule has 1 heterocycles. The van der Waals surface area contributed by atoms with Gasteiger partial charge in [0.25, 0.3) is 0 Å². The van der Waals surface area contributed by atoms with Crippen molar-refractivity contribution in [2.75, 3.05) is 44.6 Å². The van der Waals surface area contributed by atoms with Crippen LogP contribution in [0.5, 0.6) is 0 Å². The molecule has 0 fully saturated rings. The number of nitrogen functional groups attached to an aromatic ring is 1. The molecule has 1 rings (SSSR count). The summed E-state index contributed by atoms with van der Waals surface area (Å²) in [6.07, 6.45) is 1.74. The van der Waals surface area contributed by atoms with Gasteiger partial charge in [-0.25, -0.2) is 4.98 Å². The van der Waals surface area contributed by atoms with Crippen molar-refractivity contribution < 1.29 is 9.47 Å². The first-order valence-corrected chi connectivity index (χ1v) is 6.55. The van der Waals surface area contributed by atoms with Crippen molar-refractivity contribution in [3.63, 3.8) is 0 Å². The number of halogens is 1. The minimum atomic E-state index is 0.182. The third-order valence-electron chi connectivity index (χ3n) is 2.61. The first-order valence-electron chi connectivity index (χ1n) is 5.75. The van der Waals surface area contributed by atoms with Gasteiger partial charge in [-0.15, -0.1) is 0 Å². The summed E-state index contributed by atoms with van der Waals surface area (Å²) in [6, 6.07) is 2.03. The summed E-state index contributed by atoms with van der Waals surface area (Å²) in [5, 5.41) is 0. The highest BCUT2D eigenvalue weighted by Gasteiger charge is 2.18. The van der Waals surface area contributed by atoms with E-state index in [4.69, 9.17) is 15.2 Å². The Morgan fingerprint density at radius 1 is 1.44 bits per heavy atom. The molecule has 2 N–H and O–H groups in total. The van der Waals surface area contributed by atoms with E-state index in [-0.39, 0.29) is 6.04 Å². The molecular formula is C12H20BrN3O2. The van der Waals surface area contributed by atoms with E-state index in [1.165, 1.54) is 0 Å². The molecule has 0 aromatic carbocycles. The molecule has 1 aromatic heterocycles. The molecule has 6 heteroatoms. The molecule has 0 aliphatic carbocycles. The molecule has 18 heavy (non-hydrogen) atoms. The van der Waals surface area contributed by atoms with E-state index >= 15 is 0 Å². The monoisotopic (exact) mass is 317 g/mol. The summed E-state index contributed by atoms with van der Waals surface area (Å²) >= 11 is 3.36. The highest BCUT2D eigenvalue weighted by Crippen LogP contribution is 2.25. The van der Waals surface area contributed by atoms with Gasteiger partial charge in [-0.1, -0.05) is 0 Å². The third-order valence-corrected chi connectivity index (χ3v) is 3.04. The summed E-state index contributed by atoms with van der Waals surface area (Å²) < 4.78 is 11.2. The van der Waals surface area contributed by atoms with Gasteiger partial charge in [-0.3, -0.25) is 0 Å². The summed E-state index contributed by atoms with van der Waals surface area (Å²) in [5.41, 5.74) is 6.65. The molecule has 0 amide bonds. The maximum atomic E-state index is 6.01. The van der Waals surface area contributed by atoms with Gasteiger partial charge in [-0.05, 0) is 28.9 Å². The van der Waals surface area contributed by atoms with Gasteiger partial charge in [-0.2, -0.15) is 0 Å². The van der Waals surface area contributed by atoms with Crippen LogP contribution in [0.4, 0.5) is 11.5 Å². The smallest absolute Gasteiger partial charge is 0.152 e. The van der Waals surface area contributed by atoms with Crippen molar-refractivity contribution in [2.24, 2.45) is 0 Å². The van der Waals surface area contributed by atoms with Gasteiger partial charge >= 0.3 is 0 Å². The van der Waals surface area contributed by atoms with Crippen molar-refractivity contribution in [1.82, 2.24) is 4.98 Å². The fourth-order valence-electron chi connectivity index (χ4n) is 1.74. The van der Waals surface area contributed by atoms with Crippen LogP contribution in [0, 0.1) is 0 Å². The zero-order valence-corrected chi connectivity index (χ0v) is 12.6. The van der Waals surface area contributed by atoms with Gasteiger partial charge < -0.3 is 20.1 Å². The fourth-order valence-corrected chi connectivity index (χ4v) is 2.09. The van der Waals surface area contributed by atoms with E-state index < -0.39 is 0 Å². The Morgan fingerprint density at radius 2 is 2.17 bits per heavy atom. The Balaban J connectivity index is 2.93. The molecule has 0 bridgehead atoms. The second kappa shape index (κ2) is 7.56. The molecule has 0 spiro atoms. The minimum Gasteiger partial charge on any atom is -0.396 e. The molecule has 1 atom stereocenters. The molecule has 0 saturated heterocycles. The topological polar surface area (TPSA) is 60.6 Å². The zero-order valence-electron chi connectivity index (χ0n) is 11.0. The zero-order chi connectivity index (χ0) is 13.5. The lowest BCUT2D eigenvalue weighted by Gasteiger charge is -2.30. The third kappa shape index (κ3) is 4.12. The number of aromatic nitrogens is 1. The second-order valence-corrected chi connectivity index (χ2v) is 4.97. The van der Waals surface area contributed by atoms with Gasteiger partial charge in [0, 0.05) is 31.4 Å². The van der Waals surface area contributed by atoms with Gasteiger partial charge in [0.2, 0.25) is 0 Å². The Morgan fingerprint density at radius 3 is 2.72 bits per heavy atom. The number of anilines is 2. The summed E-state index contributed by atoms with van der Waals surface area (Å²) in [4.78, 5) is 6.47. The Hall–Kier alpha value is -0.850. The highest BCUT2D eigenvalue weighted by atomic mass is 79.9. The molecular weight excluding hydrogens is 298 g/mol. The predicted molar refractivity (Wildman–Crippen MR) is 76.9 cm³/mol. The van der Waals surface area contributed by atoms with E-state index in [9.17, 15) is 0 Å². The molecule has 1 aromatic rings. The van der Waals surface area contributed by atoms with Crippen molar-refractivity contribution in [1.29, 1.82) is 0 Å². The molecule has 0 aliphatic heterocycles. The molecule has 0 radical (unpaired) electrons. The van der Waals surface area contributed by atoms with Gasteiger partial charge in [0.15, 0.2) is 5.82 Å². The van der Waals surface area contributed by atoms with Crippen LogP contribution in [0.1, 0.15) is 6.92 Å². The summed E-state index contributed by atoms with van der Waals surface area (Å²) in [6.45, 7) is 4.02. The lowest BCUT2D eigenvalue weighted by Crippen LogP contribution is -2.39. The highest BCUT2D eigenvalue weighted by molar-refractivity contribution is 9.10. The van der Waals surface area contributed by atoms with E-state index in [1.54, 1.807) is 20.4 Å². The Labute approximate surface area is 116 Å². The maximum absolute atomic E-state index is 6.01. The van der Waals surface area contributed by atoms with Crippen molar-refractivity contribution >= 4 is 27.4 Å². The van der Waals surface area contributed by atoms with E-state index in [0.29, 0.717) is 18.9 Å². The first-order chi connectivity index (χ1) is 8.60. The number of hydrogen-bond acceptors (Lipinski definition) is 5. The summed E-state index contributed by atoms with van der Waals surface area (Å²) in [7, 11) is 3.36. The number of nitrogens with two attached hydrogens (primary N) is 1. The number of ether oxygens (including phenoxy) is 2. The fraction of sp³-hybridized carbons (Fsp3) is 0.583. The normalized spacial score (nSPS) is 12.4. The van der Waals surface area contributed by atoms with Crippen LogP contribution in [-0.2, 0) is 9.47 Å². The average Bonchev–Trinajstić information content (AvgIpc) is 2.32. The second-order valence-electron chi connectivity index (χ2n) is 4.06. The standard InChI is InChI=1S/C12H20BrN3O2/c1-9(8-18-3)16(4-5-17-2)12-11(14)6-10(13)7-15-12/h6-7,9H,4-5,8,14H2,1-3H3. The number of hydrogen-bond donors (Lipinski definition) is 1. The van der Waals surface area contributed by atoms with Crippen LogP contribution in [0.2, 0.25) is 0 Å². The molecule has 0 aliphatic rings. The predicted octanol–water partition coefficient (Wildman–Crippen LogP) is 1.91. The average molecular weight is 318 g/mol. The molecule has 102 valence electrons. The van der Waals surface area contributed by atoms with E-state index in [1.807, 2.05) is 6.07 Å². The quantitative estimate of drug-likeness (QED) is 0.832. The number of methoxy groups -OCH3 is 2. The van der Waals surface area contributed by atoms with Gasteiger partial charge in [0.1, 0.15) is 0 Å². The first kappa shape index (κ1) is 15.2. The van der Waals surface area contributed by atoms with Crippen molar-refractivity contribution in [2.45, 2.75) is 13.0 Å². The van der Waals surface area contributed by atoms with Crippen LogP contribution < -0.4 is 10.6 Å². The van der Waals surface area contributed by atoms with Gasteiger partial charge in [0.05, 0.1) is 24.9 Å². The SMILES string of the molecule is COCCN(c1ncc(Br)cc1N)C(C)COC. The Kier molecular flexibility index (Phi) is 6.38. The van der Waals surface area contributed by atoms with Crippen LogP contribution in [0.3, 0.4) is 0 Å². The van der Waals surface area contributed by atoms with Crippen LogP contribution in [-0.4, -0.2) is 45.0 Å². The Bertz CT molecular complexity index is 376. The largest absolute Gasteiger partial charge is 0.396 e.